The molecule has 1 aromatic heterocycles. The number of amides is 1. The lowest BCUT2D eigenvalue weighted by Gasteiger charge is -2.36. The average molecular weight is 286 g/mol. The topological polar surface area (TPSA) is 50.6 Å². The maximum atomic E-state index is 12.2. The molecule has 0 atom stereocenters. The van der Waals surface area contributed by atoms with E-state index in [1.807, 2.05) is 23.1 Å². The zero-order valence-corrected chi connectivity index (χ0v) is 12.0. The van der Waals surface area contributed by atoms with E-state index in [4.69, 9.17) is 4.74 Å². The molecule has 6 nitrogen and oxygen atoms in total. The minimum atomic E-state index is -0.0159. The summed E-state index contributed by atoms with van der Waals surface area (Å²) in [5.74, 6) is 0.851. The Bertz CT molecular complexity index is 604. The second-order valence-electron chi connectivity index (χ2n) is 4.93. The van der Waals surface area contributed by atoms with E-state index < -0.39 is 0 Å². The molecule has 1 saturated heterocycles. The Hall–Kier alpha value is -2.50. The van der Waals surface area contributed by atoms with Crippen molar-refractivity contribution < 1.29 is 9.53 Å². The lowest BCUT2D eigenvalue weighted by molar-refractivity contribution is 0.196. The van der Waals surface area contributed by atoms with Gasteiger partial charge in [0, 0.05) is 50.3 Å². The van der Waals surface area contributed by atoms with Gasteiger partial charge in [0.25, 0.3) is 0 Å². The van der Waals surface area contributed by atoms with Gasteiger partial charge in [0.2, 0.25) is 0 Å². The van der Waals surface area contributed by atoms with Crippen LogP contribution in [0.4, 0.5) is 10.5 Å². The van der Waals surface area contributed by atoms with Crippen LogP contribution in [0, 0.1) is 0 Å². The average Bonchev–Trinajstić information content (AvgIpc) is 3.09. The SMILES string of the molecule is COc1cccc(N2CCN(C(=O)n3ccnc3)CC2)c1. The summed E-state index contributed by atoms with van der Waals surface area (Å²) < 4.78 is 6.77. The monoisotopic (exact) mass is 286 g/mol. The van der Waals surface area contributed by atoms with Crippen LogP contribution in [0.5, 0.6) is 5.75 Å². The van der Waals surface area contributed by atoms with Gasteiger partial charge in [-0.15, -0.1) is 0 Å². The van der Waals surface area contributed by atoms with E-state index in [9.17, 15) is 4.79 Å². The summed E-state index contributed by atoms with van der Waals surface area (Å²) in [6.07, 6.45) is 4.83. The van der Waals surface area contributed by atoms with Gasteiger partial charge in [-0.05, 0) is 12.1 Å². The number of anilines is 1. The third-order valence-corrected chi connectivity index (χ3v) is 3.69. The Labute approximate surface area is 123 Å². The van der Waals surface area contributed by atoms with Crippen LogP contribution in [0.1, 0.15) is 0 Å². The van der Waals surface area contributed by atoms with Crippen LogP contribution < -0.4 is 9.64 Å². The highest BCUT2D eigenvalue weighted by atomic mass is 16.5. The summed E-state index contributed by atoms with van der Waals surface area (Å²) in [6, 6.07) is 7.99. The number of carbonyl (C=O) groups excluding carboxylic acids is 1. The fourth-order valence-corrected chi connectivity index (χ4v) is 2.50. The smallest absolute Gasteiger partial charge is 0.329 e. The zero-order valence-electron chi connectivity index (χ0n) is 12.0. The van der Waals surface area contributed by atoms with Crippen molar-refractivity contribution in [3.8, 4) is 5.75 Å². The molecule has 0 spiro atoms. The molecule has 1 aliphatic heterocycles. The lowest BCUT2D eigenvalue weighted by Crippen LogP contribution is -2.49. The second kappa shape index (κ2) is 5.87. The van der Waals surface area contributed by atoms with Crippen molar-refractivity contribution in [2.45, 2.75) is 0 Å². The van der Waals surface area contributed by atoms with Crippen molar-refractivity contribution in [2.24, 2.45) is 0 Å². The highest BCUT2D eigenvalue weighted by molar-refractivity contribution is 5.77. The number of rotatable bonds is 2. The normalized spacial score (nSPS) is 15.1. The molecule has 2 heterocycles. The predicted molar refractivity (Wildman–Crippen MR) is 79.8 cm³/mol. The molecule has 1 fully saturated rings. The largest absolute Gasteiger partial charge is 0.497 e. The van der Waals surface area contributed by atoms with Crippen molar-refractivity contribution in [3.05, 3.63) is 43.0 Å². The zero-order chi connectivity index (χ0) is 14.7. The van der Waals surface area contributed by atoms with Gasteiger partial charge in [0.1, 0.15) is 12.1 Å². The summed E-state index contributed by atoms with van der Waals surface area (Å²) in [4.78, 5) is 20.2. The molecule has 1 aliphatic rings. The Morgan fingerprint density at radius 3 is 2.71 bits per heavy atom. The van der Waals surface area contributed by atoms with Crippen LogP contribution in [0.15, 0.2) is 43.0 Å². The first kappa shape index (κ1) is 13.5. The first-order valence-electron chi connectivity index (χ1n) is 6.94. The van der Waals surface area contributed by atoms with Gasteiger partial charge in [0.05, 0.1) is 7.11 Å². The van der Waals surface area contributed by atoms with E-state index in [-0.39, 0.29) is 6.03 Å². The fraction of sp³-hybridized carbons (Fsp3) is 0.333. The summed E-state index contributed by atoms with van der Waals surface area (Å²) >= 11 is 0. The first-order chi connectivity index (χ1) is 10.3. The molecule has 2 aromatic rings. The van der Waals surface area contributed by atoms with Crippen molar-refractivity contribution in [1.82, 2.24) is 14.5 Å². The molecule has 0 N–H and O–H groups in total. The van der Waals surface area contributed by atoms with Gasteiger partial charge in [-0.3, -0.25) is 4.57 Å². The van der Waals surface area contributed by atoms with Crippen molar-refractivity contribution in [1.29, 1.82) is 0 Å². The van der Waals surface area contributed by atoms with Crippen LogP contribution in [0.3, 0.4) is 0 Å². The number of nitrogens with zero attached hydrogens (tertiary/aromatic N) is 4. The van der Waals surface area contributed by atoms with Crippen molar-refractivity contribution in [2.75, 3.05) is 38.2 Å². The molecule has 6 heteroatoms. The Morgan fingerprint density at radius 1 is 1.24 bits per heavy atom. The third kappa shape index (κ3) is 2.84. The lowest BCUT2D eigenvalue weighted by atomic mass is 10.2. The number of benzene rings is 1. The number of methoxy groups -OCH3 is 1. The van der Waals surface area contributed by atoms with E-state index in [0.29, 0.717) is 13.1 Å². The molecule has 21 heavy (non-hydrogen) atoms. The molecular weight excluding hydrogens is 268 g/mol. The molecule has 3 rings (SSSR count). The molecule has 1 aromatic carbocycles. The number of imidazole rings is 1. The van der Waals surface area contributed by atoms with Gasteiger partial charge in [-0.25, -0.2) is 9.78 Å². The maximum absolute atomic E-state index is 12.2. The summed E-state index contributed by atoms with van der Waals surface area (Å²) in [6.45, 7) is 3.03. The molecule has 0 bridgehead atoms. The van der Waals surface area contributed by atoms with E-state index in [1.165, 1.54) is 10.9 Å². The van der Waals surface area contributed by atoms with E-state index >= 15 is 0 Å². The summed E-state index contributed by atoms with van der Waals surface area (Å²) in [5, 5.41) is 0. The van der Waals surface area contributed by atoms with Crippen LogP contribution in [0.25, 0.3) is 0 Å². The van der Waals surface area contributed by atoms with Crippen LogP contribution in [-0.4, -0.2) is 53.8 Å². The minimum absolute atomic E-state index is 0.0159. The standard InChI is InChI=1S/C15H18N4O2/c1-21-14-4-2-3-13(11-14)17-7-9-18(10-8-17)15(20)19-6-5-16-12-19/h2-6,11-12H,7-10H2,1H3. The van der Waals surface area contributed by atoms with Gasteiger partial charge in [-0.2, -0.15) is 0 Å². The highest BCUT2D eigenvalue weighted by Gasteiger charge is 2.22. The number of hydrogen-bond donors (Lipinski definition) is 0. The van der Waals surface area contributed by atoms with E-state index in [2.05, 4.69) is 16.0 Å². The first-order valence-corrected chi connectivity index (χ1v) is 6.94. The summed E-state index contributed by atoms with van der Waals surface area (Å²) in [5.41, 5.74) is 1.13. The minimum Gasteiger partial charge on any atom is -0.497 e. The molecule has 0 unspecified atom stereocenters. The second-order valence-corrected chi connectivity index (χ2v) is 4.93. The third-order valence-electron chi connectivity index (χ3n) is 3.69. The number of ether oxygens (including phenoxy) is 1. The molecular formula is C15H18N4O2. The number of hydrogen-bond acceptors (Lipinski definition) is 4. The van der Waals surface area contributed by atoms with Crippen LogP contribution in [-0.2, 0) is 0 Å². The molecule has 0 aliphatic carbocycles. The van der Waals surface area contributed by atoms with Gasteiger partial charge in [0.15, 0.2) is 0 Å². The Balaban J connectivity index is 1.63. The Kier molecular flexibility index (Phi) is 3.77. The quantitative estimate of drug-likeness (QED) is 0.843. The number of carbonyl (C=O) groups is 1. The molecule has 0 radical (unpaired) electrons. The highest BCUT2D eigenvalue weighted by Crippen LogP contribution is 2.22. The van der Waals surface area contributed by atoms with Gasteiger partial charge in [-0.1, -0.05) is 6.07 Å². The predicted octanol–water partition coefficient (Wildman–Crippen LogP) is 1.68. The van der Waals surface area contributed by atoms with Crippen molar-refractivity contribution in [3.63, 3.8) is 0 Å². The molecule has 110 valence electrons. The molecule has 1 amide bonds. The Morgan fingerprint density at radius 2 is 2.05 bits per heavy atom. The van der Waals surface area contributed by atoms with E-state index in [0.717, 1.165) is 24.5 Å². The van der Waals surface area contributed by atoms with Gasteiger partial charge < -0.3 is 14.5 Å². The van der Waals surface area contributed by atoms with E-state index in [1.54, 1.807) is 19.5 Å². The fourth-order valence-electron chi connectivity index (χ4n) is 2.50. The van der Waals surface area contributed by atoms with Crippen molar-refractivity contribution >= 4 is 11.7 Å². The number of aromatic nitrogens is 2. The summed E-state index contributed by atoms with van der Waals surface area (Å²) in [7, 11) is 1.67. The van der Waals surface area contributed by atoms with Crippen LogP contribution in [0.2, 0.25) is 0 Å². The van der Waals surface area contributed by atoms with Gasteiger partial charge >= 0.3 is 6.03 Å². The maximum Gasteiger partial charge on any atom is 0.329 e. The molecule has 0 saturated carbocycles. The van der Waals surface area contributed by atoms with Crippen LogP contribution >= 0.6 is 0 Å². The number of piperazine rings is 1.